The van der Waals surface area contributed by atoms with Gasteiger partial charge in [0.15, 0.2) is 5.38 Å². The van der Waals surface area contributed by atoms with Gasteiger partial charge in [0.2, 0.25) is 5.91 Å². The van der Waals surface area contributed by atoms with E-state index in [1.807, 2.05) is 0 Å². The van der Waals surface area contributed by atoms with Crippen LogP contribution in [0, 0.1) is 0 Å². The van der Waals surface area contributed by atoms with Gasteiger partial charge in [-0.15, -0.1) is 22.9 Å². The number of alkyl halides is 1. The van der Waals surface area contributed by atoms with Gasteiger partial charge in [-0.1, -0.05) is 24.4 Å². The number of hydrogen-bond acceptors (Lipinski definition) is 3. The number of rotatable bonds is 3. The summed E-state index contributed by atoms with van der Waals surface area (Å²) in [7, 11) is 0. The van der Waals surface area contributed by atoms with Crippen LogP contribution in [0.4, 0.5) is 0 Å². The Balaban J connectivity index is 1.93. The zero-order valence-electron chi connectivity index (χ0n) is 8.58. The highest BCUT2D eigenvalue weighted by molar-refractivity contribution is 7.16. The van der Waals surface area contributed by atoms with Crippen LogP contribution >= 0.6 is 34.5 Å². The van der Waals surface area contributed by atoms with Gasteiger partial charge in [0.1, 0.15) is 9.34 Å². The molecule has 6 heteroatoms. The van der Waals surface area contributed by atoms with Crippen LogP contribution in [-0.4, -0.2) is 16.9 Å². The van der Waals surface area contributed by atoms with E-state index in [1.54, 1.807) is 0 Å². The van der Waals surface area contributed by atoms with E-state index < -0.39 is 5.38 Å². The molecular formula is C10H12Cl2N2OS. The smallest absolute Gasteiger partial charge is 0.245 e. The molecule has 1 N–H and O–H groups in total. The number of halogens is 2. The average molecular weight is 279 g/mol. The van der Waals surface area contributed by atoms with Gasteiger partial charge in [-0.3, -0.25) is 4.79 Å². The predicted octanol–water partition coefficient (Wildman–Crippen LogP) is 3.14. The first-order chi connectivity index (χ1) is 7.66. The summed E-state index contributed by atoms with van der Waals surface area (Å²) in [4.78, 5) is 15.8. The molecule has 3 nitrogen and oxygen atoms in total. The van der Waals surface area contributed by atoms with Crippen molar-refractivity contribution in [3.8, 4) is 0 Å². The van der Waals surface area contributed by atoms with Gasteiger partial charge in [-0.05, 0) is 12.8 Å². The van der Waals surface area contributed by atoms with E-state index in [9.17, 15) is 4.79 Å². The number of aromatic nitrogens is 1. The average Bonchev–Trinajstić information content (AvgIpc) is 2.88. The monoisotopic (exact) mass is 278 g/mol. The zero-order valence-corrected chi connectivity index (χ0v) is 10.9. The molecule has 1 unspecified atom stereocenters. The van der Waals surface area contributed by atoms with Gasteiger partial charge in [-0.25, -0.2) is 4.98 Å². The Labute approximate surface area is 108 Å². The number of hydrogen-bond donors (Lipinski definition) is 1. The number of nitrogens with one attached hydrogen (secondary N) is 1. The van der Waals surface area contributed by atoms with Crippen molar-refractivity contribution in [3.05, 3.63) is 15.5 Å². The van der Waals surface area contributed by atoms with Crippen molar-refractivity contribution in [1.82, 2.24) is 10.3 Å². The van der Waals surface area contributed by atoms with Crippen LogP contribution in [0.2, 0.25) is 4.34 Å². The molecule has 1 heterocycles. The van der Waals surface area contributed by atoms with Crippen LogP contribution in [0.25, 0.3) is 0 Å². The summed E-state index contributed by atoms with van der Waals surface area (Å²) in [6.07, 6.45) is 5.98. The summed E-state index contributed by atoms with van der Waals surface area (Å²) in [5, 5.41) is 2.77. The third-order valence-electron chi connectivity index (χ3n) is 2.64. The molecular weight excluding hydrogens is 267 g/mol. The number of nitrogens with zero attached hydrogens (tertiary/aromatic N) is 1. The molecule has 2 rings (SSSR count). The molecule has 0 bridgehead atoms. The van der Waals surface area contributed by atoms with E-state index in [4.69, 9.17) is 23.2 Å². The van der Waals surface area contributed by atoms with Gasteiger partial charge < -0.3 is 5.32 Å². The second-order valence-electron chi connectivity index (χ2n) is 3.86. The summed E-state index contributed by atoms with van der Waals surface area (Å²) >= 11 is 13.0. The Morgan fingerprint density at radius 1 is 1.56 bits per heavy atom. The maximum atomic E-state index is 11.8. The summed E-state index contributed by atoms with van der Waals surface area (Å²) in [5.74, 6) is -0.167. The van der Waals surface area contributed by atoms with Crippen LogP contribution in [-0.2, 0) is 4.79 Å². The SMILES string of the molecule is O=C(NC1CCCC1)C(Cl)c1ncc(Cl)s1. The topological polar surface area (TPSA) is 42.0 Å². The van der Waals surface area contributed by atoms with Crippen molar-refractivity contribution in [3.63, 3.8) is 0 Å². The summed E-state index contributed by atoms with van der Waals surface area (Å²) in [6.45, 7) is 0. The standard InChI is InChI=1S/C10H12Cl2N2OS/c11-7-5-13-10(16-7)8(12)9(15)14-6-3-1-2-4-6/h5-6,8H,1-4H2,(H,14,15). The molecule has 0 spiro atoms. The van der Waals surface area contributed by atoms with E-state index in [1.165, 1.54) is 30.4 Å². The molecule has 1 saturated carbocycles. The minimum Gasteiger partial charge on any atom is -0.352 e. The Morgan fingerprint density at radius 2 is 2.25 bits per heavy atom. The predicted molar refractivity (Wildman–Crippen MR) is 66.1 cm³/mol. The highest BCUT2D eigenvalue weighted by Crippen LogP contribution is 2.29. The van der Waals surface area contributed by atoms with E-state index in [0.717, 1.165) is 12.8 Å². The second-order valence-corrected chi connectivity index (χ2v) is 5.99. The van der Waals surface area contributed by atoms with Gasteiger partial charge in [0.25, 0.3) is 0 Å². The molecule has 1 fully saturated rings. The van der Waals surface area contributed by atoms with E-state index in [2.05, 4.69) is 10.3 Å². The molecule has 1 aromatic heterocycles. The molecule has 16 heavy (non-hydrogen) atoms. The first-order valence-electron chi connectivity index (χ1n) is 5.22. The highest BCUT2D eigenvalue weighted by Gasteiger charge is 2.24. The molecule has 0 aromatic carbocycles. The van der Waals surface area contributed by atoms with Gasteiger partial charge in [0.05, 0.1) is 6.20 Å². The van der Waals surface area contributed by atoms with Crippen molar-refractivity contribution < 1.29 is 4.79 Å². The van der Waals surface area contributed by atoms with E-state index in [-0.39, 0.29) is 11.9 Å². The molecule has 0 aliphatic heterocycles. The van der Waals surface area contributed by atoms with Crippen LogP contribution in [0.5, 0.6) is 0 Å². The van der Waals surface area contributed by atoms with Crippen molar-refractivity contribution in [2.45, 2.75) is 37.1 Å². The molecule has 0 saturated heterocycles. The number of amides is 1. The summed E-state index contributed by atoms with van der Waals surface area (Å²) in [5.41, 5.74) is 0. The molecule has 1 aromatic rings. The Kier molecular flexibility index (Phi) is 4.05. The molecule has 1 atom stereocenters. The van der Waals surface area contributed by atoms with Gasteiger partial charge in [-0.2, -0.15) is 0 Å². The normalized spacial score (nSPS) is 18.6. The van der Waals surface area contributed by atoms with Crippen LogP contribution < -0.4 is 5.32 Å². The molecule has 1 aliphatic rings. The summed E-state index contributed by atoms with van der Waals surface area (Å²) < 4.78 is 0.550. The summed E-state index contributed by atoms with van der Waals surface area (Å²) in [6, 6.07) is 0.282. The minimum atomic E-state index is -0.724. The molecule has 0 radical (unpaired) electrons. The second kappa shape index (κ2) is 5.34. The maximum absolute atomic E-state index is 11.8. The van der Waals surface area contributed by atoms with Crippen molar-refractivity contribution in [1.29, 1.82) is 0 Å². The van der Waals surface area contributed by atoms with Crippen molar-refractivity contribution >= 4 is 40.4 Å². The molecule has 88 valence electrons. The van der Waals surface area contributed by atoms with E-state index in [0.29, 0.717) is 9.34 Å². The third-order valence-corrected chi connectivity index (χ3v) is 4.36. The maximum Gasteiger partial charge on any atom is 0.245 e. The van der Waals surface area contributed by atoms with Crippen LogP contribution in [0.1, 0.15) is 36.1 Å². The van der Waals surface area contributed by atoms with Crippen LogP contribution in [0.3, 0.4) is 0 Å². The molecule has 1 amide bonds. The van der Waals surface area contributed by atoms with Crippen molar-refractivity contribution in [2.75, 3.05) is 0 Å². The lowest BCUT2D eigenvalue weighted by Crippen LogP contribution is -2.34. The zero-order chi connectivity index (χ0) is 11.5. The number of carbonyl (C=O) groups excluding carboxylic acids is 1. The minimum absolute atomic E-state index is 0.167. The third kappa shape index (κ3) is 2.87. The lowest BCUT2D eigenvalue weighted by atomic mass is 10.2. The highest BCUT2D eigenvalue weighted by atomic mass is 35.5. The fraction of sp³-hybridized carbons (Fsp3) is 0.600. The quantitative estimate of drug-likeness (QED) is 0.864. The lowest BCUT2D eigenvalue weighted by molar-refractivity contribution is -0.121. The molecule has 1 aliphatic carbocycles. The Bertz CT molecular complexity index is 377. The Hall–Kier alpha value is -0.320. The van der Waals surface area contributed by atoms with Gasteiger partial charge >= 0.3 is 0 Å². The fourth-order valence-electron chi connectivity index (χ4n) is 1.84. The number of carbonyl (C=O) groups is 1. The van der Waals surface area contributed by atoms with Crippen molar-refractivity contribution in [2.24, 2.45) is 0 Å². The first kappa shape index (κ1) is 12.1. The largest absolute Gasteiger partial charge is 0.352 e. The number of thiazole rings is 1. The lowest BCUT2D eigenvalue weighted by Gasteiger charge is -2.13. The van der Waals surface area contributed by atoms with E-state index >= 15 is 0 Å². The Morgan fingerprint density at radius 3 is 2.81 bits per heavy atom. The fourth-order valence-corrected chi connectivity index (χ4v) is 3.00. The first-order valence-corrected chi connectivity index (χ1v) is 6.85. The van der Waals surface area contributed by atoms with Gasteiger partial charge in [0, 0.05) is 6.04 Å². The van der Waals surface area contributed by atoms with Crippen LogP contribution in [0.15, 0.2) is 6.20 Å².